The lowest BCUT2D eigenvalue weighted by atomic mass is 10.1. The number of hydrogen-bond acceptors (Lipinski definition) is 4. The monoisotopic (exact) mass is 260 g/mol. The molecule has 98 valence electrons. The number of rotatable bonds is 5. The first-order chi connectivity index (χ1) is 9.16. The van der Waals surface area contributed by atoms with Crippen LogP contribution in [0.2, 0.25) is 0 Å². The number of nitro benzene ring substituents is 1. The van der Waals surface area contributed by atoms with E-state index in [1.807, 2.05) is 0 Å². The summed E-state index contributed by atoms with van der Waals surface area (Å²) in [6, 6.07) is 6.21. The number of aromatic nitrogens is 2. The fraction of sp³-hybridized carbons (Fsp3) is 0.167. The fourth-order valence-electron chi connectivity index (χ4n) is 1.65. The Labute approximate surface area is 108 Å². The molecule has 0 aliphatic heterocycles. The lowest BCUT2D eigenvalue weighted by Gasteiger charge is -2.04. The molecule has 19 heavy (non-hydrogen) atoms. The summed E-state index contributed by atoms with van der Waals surface area (Å²) in [6.45, 7) is 0.343. The third-order valence-electron chi connectivity index (χ3n) is 2.58. The van der Waals surface area contributed by atoms with Gasteiger partial charge in [-0.1, -0.05) is 18.2 Å². The summed E-state index contributed by atoms with van der Waals surface area (Å²) in [4.78, 5) is 22.0. The zero-order chi connectivity index (χ0) is 13.7. The molecule has 1 amide bonds. The van der Waals surface area contributed by atoms with Crippen LogP contribution in [-0.4, -0.2) is 21.0 Å². The van der Waals surface area contributed by atoms with Crippen molar-refractivity contribution in [1.29, 1.82) is 0 Å². The summed E-state index contributed by atoms with van der Waals surface area (Å²) in [7, 11) is 0. The molecule has 2 aromatic rings. The van der Waals surface area contributed by atoms with Crippen LogP contribution in [-0.2, 0) is 17.8 Å². The summed E-state index contributed by atoms with van der Waals surface area (Å²) < 4.78 is 0. The molecule has 0 aliphatic rings. The first kappa shape index (κ1) is 12.7. The molecule has 1 heterocycles. The van der Waals surface area contributed by atoms with Crippen LogP contribution in [0, 0.1) is 10.1 Å². The molecule has 0 saturated heterocycles. The zero-order valence-electron chi connectivity index (χ0n) is 10.00. The van der Waals surface area contributed by atoms with E-state index in [1.165, 1.54) is 6.07 Å². The number of nitrogens with one attached hydrogen (secondary N) is 2. The van der Waals surface area contributed by atoms with Crippen LogP contribution in [0.1, 0.15) is 11.1 Å². The smallest absolute Gasteiger partial charge is 0.273 e. The molecule has 2 rings (SSSR count). The molecule has 7 nitrogen and oxygen atoms in total. The van der Waals surface area contributed by atoms with Crippen LogP contribution in [0.25, 0.3) is 0 Å². The summed E-state index contributed by atoms with van der Waals surface area (Å²) in [5.74, 6) is -0.268. The van der Waals surface area contributed by atoms with Crippen molar-refractivity contribution in [3.63, 3.8) is 0 Å². The van der Waals surface area contributed by atoms with Gasteiger partial charge in [0.25, 0.3) is 5.69 Å². The van der Waals surface area contributed by atoms with Crippen molar-refractivity contribution in [2.24, 2.45) is 0 Å². The van der Waals surface area contributed by atoms with Crippen LogP contribution < -0.4 is 5.32 Å². The van der Waals surface area contributed by atoms with Gasteiger partial charge in [0, 0.05) is 29.9 Å². The van der Waals surface area contributed by atoms with Gasteiger partial charge in [0.15, 0.2) is 0 Å². The fourth-order valence-corrected chi connectivity index (χ4v) is 1.65. The molecule has 0 bridgehead atoms. The van der Waals surface area contributed by atoms with E-state index in [0.717, 1.165) is 5.56 Å². The Morgan fingerprint density at radius 3 is 2.89 bits per heavy atom. The number of hydrogen-bond donors (Lipinski definition) is 2. The number of aromatic amines is 1. The highest BCUT2D eigenvalue weighted by atomic mass is 16.6. The Hall–Kier alpha value is -2.70. The molecule has 0 unspecified atom stereocenters. The minimum Gasteiger partial charge on any atom is -0.352 e. The van der Waals surface area contributed by atoms with Crippen LogP contribution in [0.15, 0.2) is 36.7 Å². The Morgan fingerprint density at radius 2 is 2.21 bits per heavy atom. The maximum atomic E-state index is 11.7. The molecular formula is C12H12N4O3. The van der Waals surface area contributed by atoms with E-state index in [1.54, 1.807) is 30.6 Å². The third kappa shape index (κ3) is 3.38. The van der Waals surface area contributed by atoms with E-state index in [9.17, 15) is 14.9 Å². The van der Waals surface area contributed by atoms with Crippen molar-refractivity contribution in [3.05, 3.63) is 57.9 Å². The highest BCUT2D eigenvalue weighted by molar-refractivity contribution is 5.79. The quantitative estimate of drug-likeness (QED) is 0.622. The van der Waals surface area contributed by atoms with E-state index in [-0.39, 0.29) is 18.0 Å². The molecule has 0 aliphatic carbocycles. The van der Waals surface area contributed by atoms with Gasteiger partial charge in [-0.05, 0) is 0 Å². The lowest BCUT2D eigenvalue weighted by molar-refractivity contribution is -0.385. The number of H-pyrrole nitrogens is 1. The number of amides is 1. The Bertz CT molecular complexity index is 580. The number of benzene rings is 1. The van der Waals surface area contributed by atoms with E-state index in [2.05, 4.69) is 15.5 Å². The summed E-state index contributed by atoms with van der Waals surface area (Å²) in [6.07, 6.45) is 3.26. The van der Waals surface area contributed by atoms with Gasteiger partial charge in [-0.2, -0.15) is 5.10 Å². The highest BCUT2D eigenvalue weighted by Crippen LogP contribution is 2.17. The van der Waals surface area contributed by atoms with Crippen LogP contribution >= 0.6 is 0 Å². The third-order valence-corrected chi connectivity index (χ3v) is 2.58. The maximum Gasteiger partial charge on any atom is 0.273 e. The van der Waals surface area contributed by atoms with E-state index >= 15 is 0 Å². The Balaban J connectivity index is 1.97. The maximum absolute atomic E-state index is 11.7. The minimum absolute atomic E-state index is 0.0188. The van der Waals surface area contributed by atoms with Crippen molar-refractivity contribution in [2.45, 2.75) is 13.0 Å². The van der Waals surface area contributed by atoms with Gasteiger partial charge in [-0.15, -0.1) is 0 Å². The normalized spacial score (nSPS) is 10.1. The van der Waals surface area contributed by atoms with E-state index < -0.39 is 4.92 Å². The van der Waals surface area contributed by atoms with Crippen LogP contribution in [0.5, 0.6) is 0 Å². The second-order valence-electron chi connectivity index (χ2n) is 3.95. The molecule has 1 aromatic carbocycles. The highest BCUT2D eigenvalue weighted by Gasteiger charge is 2.15. The molecule has 0 spiro atoms. The number of carbonyl (C=O) groups excluding carboxylic acids is 1. The first-order valence-electron chi connectivity index (χ1n) is 5.63. The Kier molecular flexibility index (Phi) is 3.87. The number of carbonyl (C=O) groups is 1. The summed E-state index contributed by atoms with van der Waals surface area (Å²) in [5, 5.41) is 19.9. The topological polar surface area (TPSA) is 101 Å². The largest absolute Gasteiger partial charge is 0.352 e. The summed E-state index contributed by atoms with van der Waals surface area (Å²) >= 11 is 0. The van der Waals surface area contributed by atoms with Crippen molar-refractivity contribution in [1.82, 2.24) is 15.5 Å². The van der Waals surface area contributed by atoms with Crippen molar-refractivity contribution < 1.29 is 9.72 Å². The van der Waals surface area contributed by atoms with Gasteiger partial charge in [0.1, 0.15) is 0 Å². The first-order valence-corrected chi connectivity index (χ1v) is 5.63. The van der Waals surface area contributed by atoms with Gasteiger partial charge >= 0.3 is 0 Å². The number of para-hydroxylation sites is 1. The second-order valence-corrected chi connectivity index (χ2v) is 3.95. The van der Waals surface area contributed by atoms with E-state index in [0.29, 0.717) is 12.1 Å². The molecule has 0 saturated carbocycles. The van der Waals surface area contributed by atoms with Gasteiger partial charge in [-0.25, -0.2) is 0 Å². The molecule has 0 radical (unpaired) electrons. The predicted molar refractivity (Wildman–Crippen MR) is 67.2 cm³/mol. The zero-order valence-corrected chi connectivity index (χ0v) is 10.00. The van der Waals surface area contributed by atoms with Gasteiger partial charge in [0.05, 0.1) is 17.5 Å². The average molecular weight is 260 g/mol. The lowest BCUT2D eigenvalue weighted by Crippen LogP contribution is -2.24. The standard InChI is InChI=1S/C12H12N4O3/c17-12(13-6-9-7-14-15-8-9)5-10-3-1-2-4-11(10)16(18)19/h1-4,7-8H,5-6H2,(H,13,17)(H,14,15). The molecule has 1 aromatic heterocycles. The molecule has 2 N–H and O–H groups in total. The summed E-state index contributed by atoms with van der Waals surface area (Å²) in [5.41, 5.74) is 1.20. The minimum atomic E-state index is -0.487. The van der Waals surface area contributed by atoms with Crippen molar-refractivity contribution in [3.8, 4) is 0 Å². The number of nitro groups is 1. The van der Waals surface area contributed by atoms with Crippen molar-refractivity contribution in [2.75, 3.05) is 0 Å². The van der Waals surface area contributed by atoms with Gasteiger partial charge < -0.3 is 5.32 Å². The van der Waals surface area contributed by atoms with E-state index in [4.69, 9.17) is 0 Å². The molecule has 0 fully saturated rings. The van der Waals surface area contributed by atoms with Gasteiger partial charge in [0.2, 0.25) is 5.91 Å². The predicted octanol–water partition coefficient (Wildman–Crippen LogP) is 1.18. The molecule has 0 atom stereocenters. The SMILES string of the molecule is O=C(Cc1ccccc1[N+](=O)[O-])NCc1cn[nH]c1. The Morgan fingerprint density at radius 1 is 1.42 bits per heavy atom. The number of nitrogens with zero attached hydrogens (tertiary/aromatic N) is 2. The second kappa shape index (κ2) is 5.76. The van der Waals surface area contributed by atoms with Crippen LogP contribution in [0.3, 0.4) is 0 Å². The van der Waals surface area contributed by atoms with Crippen molar-refractivity contribution >= 4 is 11.6 Å². The van der Waals surface area contributed by atoms with Gasteiger partial charge in [-0.3, -0.25) is 20.0 Å². The average Bonchev–Trinajstić information content (AvgIpc) is 2.90. The van der Waals surface area contributed by atoms with Crippen LogP contribution in [0.4, 0.5) is 5.69 Å². The molecular weight excluding hydrogens is 248 g/mol. The molecule has 7 heteroatoms.